The fourth-order valence-corrected chi connectivity index (χ4v) is 4.10. The Hall–Kier alpha value is -1.93. The van der Waals surface area contributed by atoms with Gasteiger partial charge in [-0.1, -0.05) is 18.7 Å². The van der Waals surface area contributed by atoms with Crippen molar-refractivity contribution < 1.29 is 9.59 Å². The van der Waals surface area contributed by atoms with E-state index in [1.807, 2.05) is 33.1 Å². The van der Waals surface area contributed by atoms with Crippen LogP contribution in [-0.2, 0) is 17.6 Å². The third-order valence-corrected chi connectivity index (χ3v) is 5.99. The fraction of sp³-hybridized carbons (Fsp3) is 0.444. The Labute approximate surface area is 162 Å². The van der Waals surface area contributed by atoms with Gasteiger partial charge in [0.05, 0.1) is 4.88 Å². The predicted molar refractivity (Wildman–Crippen MR) is 106 cm³/mol. The highest BCUT2D eigenvalue weighted by Crippen LogP contribution is 2.22. The molecule has 0 atom stereocenters. The van der Waals surface area contributed by atoms with Crippen molar-refractivity contribution in [2.24, 2.45) is 0 Å². The van der Waals surface area contributed by atoms with Crippen molar-refractivity contribution in [2.75, 3.05) is 6.26 Å². The summed E-state index contributed by atoms with van der Waals surface area (Å²) in [4.78, 5) is 34.8. The summed E-state index contributed by atoms with van der Waals surface area (Å²) in [6.45, 7) is 7.89. The highest BCUT2D eigenvalue weighted by Gasteiger charge is 2.14. The number of hydrazine groups is 1. The van der Waals surface area contributed by atoms with Gasteiger partial charge in [-0.05, 0) is 57.1 Å². The number of amides is 2. The van der Waals surface area contributed by atoms with Gasteiger partial charge in [0.2, 0.25) is 5.91 Å². The van der Waals surface area contributed by atoms with Gasteiger partial charge in [-0.25, -0.2) is 9.97 Å². The van der Waals surface area contributed by atoms with E-state index in [0.29, 0.717) is 11.3 Å². The van der Waals surface area contributed by atoms with E-state index in [2.05, 4.69) is 27.7 Å². The van der Waals surface area contributed by atoms with E-state index in [4.69, 9.17) is 0 Å². The third-order valence-electron chi connectivity index (χ3n) is 4.07. The molecule has 0 aliphatic rings. The average Bonchev–Trinajstić information content (AvgIpc) is 2.99. The number of hydrogen-bond acceptors (Lipinski definition) is 6. The maximum atomic E-state index is 12.1. The van der Waals surface area contributed by atoms with E-state index in [1.54, 1.807) is 0 Å². The zero-order valence-corrected chi connectivity index (χ0v) is 17.4. The molecule has 2 rings (SSSR count). The van der Waals surface area contributed by atoms with Gasteiger partial charge in [-0.3, -0.25) is 20.4 Å². The van der Waals surface area contributed by atoms with Gasteiger partial charge in [0.15, 0.2) is 5.16 Å². The van der Waals surface area contributed by atoms with Crippen molar-refractivity contribution in [3.8, 4) is 0 Å². The highest BCUT2D eigenvalue weighted by molar-refractivity contribution is 7.98. The summed E-state index contributed by atoms with van der Waals surface area (Å²) in [7, 11) is 0. The maximum Gasteiger partial charge on any atom is 0.279 e. The first-order chi connectivity index (χ1) is 12.3. The Bertz CT molecular complexity index is 795. The van der Waals surface area contributed by atoms with Crippen LogP contribution in [0, 0.1) is 20.8 Å². The second-order valence-corrected chi connectivity index (χ2v) is 7.84. The molecule has 0 saturated heterocycles. The number of rotatable bonds is 6. The summed E-state index contributed by atoms with van der Waals surface area (Å²) in [5, 5.41) is 0.734. The van der Waals surface area contributed by atoms with Crippen LogP contribution in [0.3, 0.4) is 0 Å². The minimum Gasteiger partial charge on any atom is -0.273 e. The van der Waals surface area contributed by atoms with E-state index in [9.17, 15) is 9.59 Å². The largest absolute Gasteiger partial charge is 0.279 e. The van der Waals surface area contributed by atoms with Crippen molar-refractivity contribution in [3.05, 3.63) is 38.3 Å². The van der Waals surface area contributed by atoms with Gasteiger partial charge in [0, 0.05) is 22.7 Å². The quantitative estimate of drug-likeness (QED) is 0.448. The molecule has 0 aromatic carbocycles. The number of hydrogen-bond donors (Lipinski definition) is 2. The lowest BCUT2D eigenvalue weighted by molar-refractivity contribution is -0.121. The van der Waals surface area contributed by atoms with E-state index < -0.39 is 0 Å². The van der Waals surface area contributed by atoms with Crippen LogP contribution in [0.15, 0.2) is 11.2 Å². The minimum atomic E-state index is -0.286. The lowest BCUT2D eigenvalue weighted by Crippen LogP contribution is -2.41. The van der Waals surface area contributed by atoms with Crippen LogP contribution in [0.2, 0.25) is 0 Å². The van der Waals surface area contributed by atoms with Crippen LogP contribution < -0.4 is 10.9 Å². The molecule has 2 heterocycles. The molecule has 140 valence electrons. The van der Waals surface area contributed by atoms with E-state index in [0.717, 1.165) is 34.1 Å². The molecule has 2 aromatic rings. The average molecular weight is 393 g/mol. The number of nitrogens with zero attached hydrogens (tertiary/aromatic N) is 2. The van der Waals surface area contributed by atoms with Gasteiger partial charge < -0.3 is 0 Å². The highest BCUT2D eigenvalue weighted by atomic mass is 32.2. The molecule has 2 N–H and O–H groups in total. The smallest absolute Gasteiger partial charge is 0.273 e. The summed E-state index contributed by atoms with van der Waals surface area (Å²) >= 11 is 2.95. The molecule has 0 saturated carbocycles. The van der Waals surface area contributed by atoms with Crippen LogP contribution in [0.4, 0.5) is 0 Å². The zero-order chi connectivity index (χ0) is 19.3. The van der Waals surface area contributed by atoms with Crippen molar-refractivity contribution in [3.63, 3.8) is 0 Å². The number of nitrogens with one attached hydrogen (secondary N) is 2. The Morgan fingerprint density at radius 3 is 2.35 bits per heavy atom. The van der Waals surface area contributed by atoms with Gasteiger partial charge in [0.25, 0.3) is 5.91 Å². The molecule has 8 heteroatoms. The molecule has 0 unspecified atom stereocenters. The van der Waals surface area contributed by atoms with Gasteiger partial charge in [-0.2, -0.15) is 0 Å². The SMILES string of the molecule is CCc1sc(C(=O)NNC(=O)CCc2c(C)nc(SC)nc2C)cc1C. The van der Waals surface area contributed by atoms with E-state index >= 15 is 0 Å². The molecular weight excluding hydrogens is 368 g/mol. The first kappa shape index (κ1) is 20.4. The normalized spacial score (nSPS) is 10.7. The maximum absolute atomic E-state index is 12.1. The first-order valence-electron chi connectivity index (χ1n) is 8.42. The molecule has 2 aromatic heterocycles. The number of aromatic nitrogens is 2. The first-order valence-corrected chi connectivity index (χ1v) is 10.5. The number of aryl methyl sites for hydroxylation is 4. The predicted octanol–water partition coefficient (Wildman–Crippen LogP) is 3.14. The Morgan fingerprint density at radius 1 is 1.15 bits per heavy atom. The van der Waals surface area contributed by atoms with Crippen LogP contribution in [-0.4, -0.2) is 28.0 Å². The summed E-state index contributed by atoms with van der Waals surface area (Å²) in [5.74, 6) is -0.527. The molecule has 2 amide bonds. The Kier molecular flexibility index (Phi) is 7.16. The lowest BCUT2D eigenvalue weighted by Gasteiger charge is -2.10. The number of carbonyl (C=O) groups excluding carboxylic acids is 2. The van der Waals surface area contributed by atoms with E-state index in [1.165, 1.54) is 28.0 Å². The summed E-state index contributed by atoms with van der Waals surface area (Å²) < 4.78 is 0. The summed E-state index contributed by atoms with van der Waals surface area (Å²) in [6.07, 6.45) is 3.62. The second-order valence-electron chi connectivity index (χ2n) is 5.93. The molecule has 0 radical (unpaired) electrons. The Balaban J connectivity index is 1.88. The number of thiophene rings is 1. The monoisotopic (exact) mass is 392 g/mol. The summed E-state index contributed by atoms with van der Waals surface area (Å²) in [6, 6.07) is 1.85. The number of thioether (sulfide) groups is 1. The van der Waals surface area contributed by atoms with Gasteiger partial charge in [0.1, 0.15) is 0 Å². The standard InChI is InChI=1S/C18H24N4O2S2/c1-6-14-10(2)9-15(26-14)17(24)22-21-16(23)8-7-13-11(3)19-18(25-5)20-12(13)4/h9H,6-8H2,1-5H3,(H,21,23)(H,22,24). The van der Waals surface area contributed by atoms with E-state index in [-0.39, 0.29) is 18.2 Å². The van der Waals surface area contributed by atoms with Crippen molar-refractivity contribution in [1.29, 1.82) is 0 Å². The molecule has 0 bridgehead atoms. The van der Waals surface area contributed by atoms with Crippen LogP contribution in [0.25, 0.3) is 0 Å². The minimum absolute atomic E-state index is 0.241. The van der Waals surface area contributed by atoms with Crippen LogP contribution >= 0.6 is 23.1 Å². The molecule has 0 aliphatic heterocycles. The lowest BCUT2D eigenvalue weighted by atomic mass is 10.1. The molecule has 0 aliphatic carbocycles. The fourth-order valence-electron chi connectivity index (χ4n) is 2.63. The van der Waals surface area contributed by atoms with Crippen molar-refractivity contribution in [1.82, 2.24) is 20.8 Å². The van der Waals surface area contributed by atoms with Crippen molar-refractivity contribution in [2.45, 2.75) is 52.1 Å². The molecular formula is C18H24N4O2S2. The summed E-state index contributed by atoms with van der Waals surface area (Å²) in [5.41, 5.74) is 8.83. The van der Waals surface area contributed by atoms with Crippen LogP contribution in [0.1, 0.15) is 50.4 Å². The third kappa shape index (κ3) is 5.04. The van der Waals surface area contributed by atoms with Gasteiger partial charge >= 0.3 is 0 Å². The number of carbonyl (C=O) groups is 2. The molecule has 0 fully saturated rings. The van der Waals surface area contributed by atoms with Crippen molar-refractivity contribution >= 4 is 34.9 Å². The Morgan fingerprint density at radius 2 is 1.81 bits per heavy atom. The van der Waals surface area contributed by atoms with Crippen LogP contribution in [0.5, 0.6) is 0 Å². The topological polar surface area (TPSA) is 84.0 Å². The second kappa shape index (κ2) is 9.14. The zero-order valence-electron chi connectivity index (χ0n) is 15.7. The molecule has 6 nitrogen and oxygen atoms in total. The molecule has 26 heavy (non-hydrogen) atoms. The molecule has 0 spiro atoms. The van der Waals surface area contributed by atoms with Gasteiger partial charge in [-0.15, -0.1) is 11.3 Å².